The van der Waals surface area contributed by atoms with Crippen molar-refractivity contribution in [3.63, 3.8) is 0 Å². The van der Waals surface area contributed by atoms with Crippen molar-refractivity contribution in [2.75, 3.05) is 27.9 Å². The van der Waals surface area contributed by atoms with Gasteiger partial charge in [0.2, 0.25) is 5.75 Å². The molecule has 0 aliphatic heterocycles. The number of carbonyl (C=O) groups is 1. The summed E-state index contributed by atoms with van der Waals surface area (Å²) in [5, 5.41) is 16.5. The summed E-state index contributed by atoms with van der Waals surface area (Å²) >= 11 is 1.60. The molecule has 8 heteroatoms. The van der Waals surface area contributed by atoms with Gasteiger partial charge in [0.15, 0.2) is 11.5 Å². The Kier molecular flexibility index (Phi) is 7.43. The van der Waals surface area contributed by atoms with Crippen molar-refractivity contribution in [1.82, 2.24) is 10.3 Å². The van der Waals surface area contributed by atoms with Crippen molar-refractivity contribution in [3.8, 4) is 38.8 Å². The number of carbonyl (C=O) groups excluding carboxylic acids is 1. The molecule has 7 nitrogen and oxygen atoms in total. The van der Waals surface area contributed by atoms with Gasteiger partial charge in [0.1, 0.15) is 0 Å². The molecule has 0 spiro atoms. The van der Waals surface area contributed by atoms with Crippen LogP contribution >= 0.6 is 11.3 Å². The Hall–Kier alpha value is -4.27. The second kappa shape index (κ2) is 11.3. The maximum absolute atomic E-state index is 14.0. The maximum atomic E-state index is 14.0. The van der Waals surface area contributed by atoms with E-state index in [0.717, 1.165) is 62.0 Å². The molecule has 0 saturated carbocycles. The monoisotopic (exact) mass is 568 g/mol. The van der Waals surface area contributed by atoms with Gasteiger partial charge in [-0.1, -0.05) is 24.3 Å². The molecule has 0 radical (unpaired) electrons. The molecule has 2 aromatic heterocycles. The van der Waals surface area contributed by atoms with Gasteiger partial charge in [-0.05, 0) is 77.2 Å². The average molecular weight is 569 g/mol. The zero-order valence-corrected chi connectivity index (χ0v) is 24.1. The van der Waals surface area contributed by atoms with Crippen LogP contribution in [0.15, 0.2) is 66.2 Å². The van der Waals surface area contributed by atoms with Crippen molar-refractivity contribution in [3.05, 3.63) is 88.4 Å². The van der Waals surface area contributed by atoms with E-state index in [-0.39, 0.29) is 12.5 Å². The van der Waals surface area contributed by atoms with Crippen molar-refractivity contribution in [2.24, 2.45) is 0 Å². The summed E-state index contributed by atoms with van der Waals surface area (Å²) in [6.07, 6.45) is 4.02. The van der Waals surface area contributed by atoms with E-state index in [1.807, 2.05) is 60.1 Å². The van der Waals surface area contributed by atoms with Gasteiger partial charge < -0.3 is 29.6 Å². The van der Waals surface area contributed by atoms with Crippen LogP contribution in [0, 0.1) is 0 Å². The molecule has 1 amide bonds. The van der Waals surface area contributed by atoms with Crippen molar-refractivity contribution >= 4 is 28.1 Å². The standard InChI is InChI=1S/C33H32N2O5S/c1-38-29-16-25-23(31(39-2)32(29)40-3)11-10-19-14-26(30-9-6-12-41-30)27(15-24(19)25)33(37)35-21(18-36)13-20-17-34-28-8-5-4-7-22(20)28/h4-9,12,14-17,21,34,36H,10-11,13,18H2,1-3H3,(H,35,37). The molecule has 0 fully saturated rings. The molecule has 3 aromatic carbocycles. The number of hydrogen-bond acceptors (Lipinski definition) is 6. The van der Waals surface area contributed by atoms with Crippen LogP contribution in [0.1, 0.15) is 27.0 Å². The number of aryl methyl sites for hydroxylation is 1. The number of amides is 1. The van der Waals surface area contributed by atoms with E-state index in [1.54, 1.807) is 32.7 Å². The highest BCUT2D eigenvalue weighted by Crippen LogP contribution is 2.49. The highest BCUT2D eigenvalue weighted by molar-refractivity contribution is 7.13. The number of nitrogens with one attached hydrogen (secondary N) is 2. The summed E-state index contributed by atoms with van der Waals surface area (Å²) < 4.78 is 17.1. The number of para-hydroxylation sites is 1. The van der Waals surface area contributed by atoms with Crippen molar-refractivity contribution in [2.45, 2.75) is 25.3 Å². The first kappa shape index (κ1) is 26.9. The third kappa shape index (κ3) is 4.83. The van der Waals surface area contributed by atoms with Gasteiger partial charge in [0.05, 0.1) is 34.0 Å². The number of aliphatic hydroxyl groups is 1. The number of rotatable bonds is 9. The molecule has 210 valence electrons. The first-order chi connectivity index (χ1) is 20.1. The van der Waals surface area contributed by atoms with Crippen LogP contribution in [0.3, 0.4) is 0 Å². The molecular formula is C33H32N2O5S. The number of aromatic amines is 1. The second-order valence-corrected chi connectivity index (χ2v) is 11.1. The predicted molar refractivity (Wildman–Crippen MR) is 163 cm³/mol. The minimum atomic E-state index is -0.453. The van der Waals surface area contributed by atoms with E-state index in [4.69, 9.17) is 14.2 Å². The van der Waals surface area contributed by atoms with Crippen LogP contribution in [-0.2, 0) is 19.3 Å². The SMILES string of the molecule is COc1cc2c(c(OC)c1OC)CCc1cc(-c3cccs3)c(C(=O)NC(CO)Cc3c[nH]c4ccccc34)cc1-2. The molecule has 0 saturated heterocycles. The molecule has 1 aliphatic rings. The summed E-state index contributed by atoms with van der Waals surface area (Å²) in [7, 11) is 4.84. The van der Waals surface area contributed by atoms with E-state index in [2.05, 4.69) is 16.4 Å². The molecule has 0 bridgehead atoms. The second-order valence-electron chi connectivity index (χ2n) is 10.1. The summed E-state index contributed by atoms with van der Waals surface area (Å²) in [4.78, 5) is 18.3. The normalized spacial score (nSPS) is 12.9. The average Bonchev–Trinajstić information content (AvgIpc) is 3.69. The Bertz CT molecular complexity index is 1720. The maximum Gasteiger partial charge on any atom is 0.252 e. The lowest BCUT2D eigenvalue weighted by molar-refractivity contribution is 0.0917. The van der Waals surface area contributed by atoms with E-state index < -0.39 is 6.04 Å². The lowest BCUT2D eigenvalue weighted by atomic mass is 9.82. The van der Waals surface area contributed by atoms with Crippen LogP contribution < -0.4 is 19.5 Å². The quantitative estimate of drug-likeness (QED) is 0.202. The van der Waals surface area contributed by atoms with Crippen LogP contribution in [0.2, 0.25) is 0 Å². The minimum absolute atomic E-state index is 0.179. The zero-order valence-electron chi connectivity index (χ0n) is 23.2. The highest BCUT2D eigenvalue weighted by Gasteiger charge is 2.28. The van der Waals surface area contributed by atoms with E-state index in [9.17, 15) is 9.90 Å². The number of fused-ring (bicyclic) bond motifs is 4. The van der Waals surface area contributed by atoms with Gasteiger partial charge in [-0.15, -0.1) is 11.3 Å². The van der Waals surface area contributed by atoms with Crippen LogP contribution in [-0.4, -0.2) is 50.0 Å². The minimum Gasteiger partial charge on any atom is -0.493 e. The number of H-pyrrole nitrogens is 1. The molecule has 3 N–H and O–H groups in total. The Labute approximate surface area is 242 Å². The van der Waals surface area contributed by atoms with E-state index in [0.29, 0.717) is 29.2 Å². The van der Waals surface area contributed by atoms with E-state index >= 15 is 0 Å². The first-order valence-electron chi connectivity index (χ1n) is 13.6. The molecular weight excluding hydrogens is 536 g/mol. The smallest absolute Gasteiger partial charge is 0.252 e. The van der Waals surface area contributed by atoms with Crippen molar-refractivity contribution in [1.29, 1.82) is 0 Å². The lowest BCUT2D eigenvalue weighted by Crippen LogP contribution is -2.39. The number of hydrogen-bond donors (Lipinski definition) is 3. The topological polar surface area (TPSA) is 92.8 Å². The van der Waals surface area contributed by atoms with Gasteiger partial charge >= 0.3 is 0 Å². The number of ether oxygens (including phenoxy) is 3. The molecule has 1 unspecified atom stereocenters. The Morgan fingerprint density at radius 3 is 2.54 bits per heavy atom. The molecule has 5 aromatic rings. The number of thiophene rings is 1. The fraction of sp³-hybridized carbons (Fsp3) is 0.242. The molecule has 1 atom stereocenters. The van der Waals surface area contributed by atoms with Crippen LogP contribution in [0.25, 0.3) is 32.5 Å². The van der Waals surface area contributed by atoms with E-state index in [1.165, 1.54) is 0 Å². The van der Waals surface area contributed by atoms with Gasteiger partial charge in [0.25, 0.3) is 5.91 Å². The molecule has 6 rings (SSSR count). The van der Waals surface area contributed by atoms with Gasteiger partial charge in [-0.3, -0.25) is 4.79 Å². The van der Waals surface area contributed by atoms with Gasteiger partial charge in [0, 0.05) is 38.7 Å². The van der Waals surface area contributed by atoms with Crippen LogP contribution in [0.4, 0.5) is 0 Å². The summed E-state index contributed by atoms with van der Waals surface area (Å²) in [5.41, 5.74) is 7.64. The summed E-state index contributed by atoms with van der Waals surface area (Å²) in [6.45, 7) is -0.179. The van der Waals surface area contributed by atoms with Crippen LogP contribution in [0.5, 0.6) is 17.2 Å². The fourth-order valence-corrected chi connectivity index (χ4v) is 6.64. The first-order valence-corrected chi connectivity index (χ1v) is 14.4. The Morgan fingerprint density at radius 1 is 0.976 bits per heavy atom. The molecule has 41 heavy (non-hydrogen) atoms. The van der Waals surface area contributed by atoms with Crippen molar-refractivity contribution < 1.29 is 24.1 Å². The largest absolute Gasteiger partial charge is 0.493 e. The predicted octanol–water partition coefficient (Wildman–Crippen LogP) is 6.02. The third-order valence-corrected chi connectivity index (χ3v) is 8.74. The molecule has 2 heterocycles. The number of benzene rings is 3. The number of aromatic nitrogens is 1. The number of methoxy groups -OCH3 is 3. The summed E-state index contributed by atoms with van der Waals surface area (Å²) in [6, 6.07) is 17.7. The highest BCUT2D eigenvalue weighted by atomic mass is 32.1. The Morgan fingerprint density at radius 2 is 1.80 bits per heavy atom. The molecule has 1 aliphatic carbocycles. The number of aliphatic hydroxyl groups excluding tert-OH is 1. The fourth-order valence-electron chi connectivity index (χ4n) is 5.88. The van der Waals surface area contributed by atoms with Gasteiger partial charge in [-0.2, -0.15) is 0 Å². The third-order valence-electron chi connectivity index (χ3n) is 7.84. The van der Waals surface area contributed by atoms with Gasteiger partial charge in [-0.25, -0.2) is 0 Å². The zero-order chi connectivity index (χ0) is 28.5. The summed E-state index contributed by atoms with van der Waals surface area (Å²) in [5.74, 6) is 1.56. The Balaban J connectivity index is 1.41. The lowest BCUT2D eigenvalue weighted by Gasteiger charge is -2.26.